The Morgan fingerprint density at radius 2 is 1.89 bits per heavy atom. The van der Waals surface area contributed by atoms with Gasteiger partial charge in [0.25, 0.3) is 0 Å². The largest absolute Gasteiger partial charge is 0.481 e. The van der Waals surface area contributed by atoms with Crippen molar-refractivity contribution in [1.82, 2.24) is 10.2 Å². The van der Waals surface area contributed by atoms with Crippen LogP contribution in [0.25, 0.3) is 0 Å². The van der Waals surface area contributed by atoms with Crippen molar-refractivity contribution in [2.45, 2.75) is 56.9 Å². The second kappa shape index (κ2) is 7.48. The minimum Gasteiger partial charge on any atom is -0.481 e. The number of carboxylic acids is 1. The molecule has 0 heterocycles. The standard InChI is InChI=1S/C14H26N2O3/c1-15-10-6-7-12(17)16(2)14(11-13(18)19)8-4-3-5-9-14/h15H,3-11H2,1-2H3,(H,18,19). The summed E-state index contributed by atoms with van der Waals surface area (Å²) in [6.07, 6.45) is 6.15. The monoisotopic (exact) mass is 270 g/mol. The van der Waals surface area contributed by atoms with E-state index in [1.807, 2.05) is 7.05 Å². The number of aliphatic carboxylic acids is 1. The van der Waals surface area contributed by atoms with Crippen molar-refractivity contribution < 1.29 is 14.7 Å². The van der Waals surface area contributed by atoms with Crippen molar-refractivity contribution >= 4 is 11.9 Å². The van der Waals surface area contributed by atoms with Crippen LogP contribution in [0.3, 0.4) is 0 Å². The molecular weight excluding hydrogens is 244 g/mol. The fourth-order valence-electron chi connectivity index (χ4n) is 2.97. The lowest BCUT2D eigenvalue weighted by atomic mass is 9.78. The van der Waals surface area contributed by atoms with Crippen LogP contribution >= 0.6 is 0 Å². The lowest BCUT2D eigenvalue weighted by molar-refractivity contribution is -0.145. The molecule has 0 radical (unpaired) electrons. The van der Waals surface area contributed by atoms with Crippen LogP contribution in [-0.2, 0) is 9.59 Å². The average Bonchev–Trinajstić information content (AvgIpc) is 2.38. The van der Waals surface area contributed by atoms with Gasteiger partial charge < -0.3 is 15.3 Å². The first-order chi connectivity index (χ1) is 9.02. The smallest absolute Gasteiger partial charge is 0.305 e. The lowest BCUT2D eigenvalue weighted by Crippen LogP contribution is -2.52. The van der Waals surface area contributed by atoms with Crippen LogP contribution in [0.2, 0.25) is 0 Å². The van der Waals surface area contributed by atoms with Gasteiger partial charge in [-0.1, -0.05) is 19.3 Å². The summed E-state index contributed by atoms with van der Waals surface area (Å²) in [6.45, 7) is 0.811. The molecule has 0 unspecified atom stereocenters. The molecule has 2 N–H and O–H groups in total. The molecule has 0 aromatic rings. The van der Waals surface area contributed by atoms with E-state index in [1.165, 1.54) is 0 Å². The molecule has 5 nitrogen and oxygen atoms in total. The minimum absolute atomic E-state index is 0.0680. The summed E-state index contributed by atoms with van der Waals surface area (Å²) in [7, 11) is 3.64. The van der Waals surface area contributed by atoms with E-state index in [-0.39, 0.29) is 12.3 Å². The third-order valence-electron chi connectivity index (χ3n) is 4.17. The van der Waals surface area contributed by atoms with Crippen molar-refractivity contribution in [2.75, 3.05) is 20.6 Å². The molecule has 1 rings (SSSR count). The zero-order chi connectivity index (χ0) is 14.3. The zero-order valence-corrected chi connectivity index (χ0v) is 12.1. The number of nitrogens with one attached hydrogen (secondary N) is 1. The molecular formula is C14H26N2O3. The van der Waals surface area contributed by atoms with Gasteiger partial charge in [0.1, 0.15) is 0 Å². The van der Waals surface area contributed by atoms with Gasteiger partial charge in [-0.2, -0.15) is 0 Å². The Labute approximate surface area is 115 Å². The van der Waals surface area contributed by atoms with Gasteiger partial charge in [-0.3, -0.25) is 9.59 Å². The van der Waals surface area contributed by atoms with Crippen LogP contribution < -0.4 is 5.32 Å². The number of rotatable bonds is 7. The van der Waals surface area contributed by atoms with Crippen LogP contribution in [0.1, 0.15) is 51.4 Å². The highest BCUT2D eigenvalue weighted by Crippen LogP contribution is 2.36. The maximum absolute atomic E-state index is 12.2. The van der Waals surface area contributed by atoms with Crippen LogP contribution in [0.5, 0.6) is 0 Å². The Hall–Kier alpha value is -1.10. The number of hydrogen-bond donors (Lipinski definition) is 2. The summed E-state index contributed by atoms with van der Waals surface area (Å²) < 4.78 is 0. The molecule has 0 aromatic carbocycles. The van der Waals surface area contributed by atoms with E-state index in [1.54, 1.807) is 11.9 Å². The highest BCUT2D eigenvalue weighted by molar-refractivity contribution is 5.78. The number of hydrogen-bond acceptors (Lipinski definition) is 3. The summed E-state index contributed by atoms with van der Waals surface area (Å²) in [4.78, 5) is 25.0. The molecule has 0 aromatic heterocycles. The van der Waals surface area contributed by atoms with E-state index in [9.17, 15) is 9.59 Å². The summed E-state index contributed by atoms with van der Waals surface area (Å²) >= 11 is 0. The lowest BCUT2D eigenvalue weighted by Gasteiger charge is -2.44. The summed E-state index contributed by atoms with van der Waals surface area (Å²) in [6, 6.07) is 0. The van der Waals surface area contributed by atoms with E-state index in [2.05, 4.69) is 5.32 Å². The molecule has 1 aliphatic rings. The van der Waals surface area contributed by atoms with Gasteiger partial charge in [-0.15, -0.1) is 0 Å². The Bertz CT molecular complexity index is 312. The minimum atomic E-state index is -0.809. The quantitative estimate of drug-likeness (QED) is 0.690. The number of carbonyl (C=O) groups excluding carboxylic acids is 1. The summed E-state index contributed by atoms with van der Waals surface area (Å²) in [5.41, 5.74) is -0.458. The Balaban J connectivity index is 2.67. The molecule has 110 valence electrons. The predicted molar refractivity (Wildman–Crippen MR) is 74.0 cm³/mol. The highest BCUT2D eigenvalue weighted by atomic mass is 16.4. The van der Waals surface area contributed by atoms with Crippen molar-refractivity contribution in [3.63, 3.8) is 0 Å². The fourth-order valence-corrected chi connectivity index (χ4v) is 2.97. The van der Waals surface area contributed by atoms with Crippen LogP contribution in [0.15, 0.2) is 0 Å². The predicted octanol–water partition coefficient (Wildman–Crippen LogP) is 1.62. The first kappa shape index (κ1) is 16.0. The Kier molecular flexibility index (Phi) is 6.28. The van der Waals surface area contributed by atoms with Gasteiger partial charge in [0.2, 0.25) is 5.91 Å². The number of nitrogens with zero attached hydrogens (tertiary/aromatic N) is 1. The molecule has 0 saturated heterocycles. The maximum atomic E-state index is 12.2. The molecule has 1 saturated carbocycles. The van der Waals surface area contributed by atoms with Crippen molar-refractivity contribution in [3.05, 3.63) is 0 Å². The molecule has 1 aliphatic carbocycles. The highest BCUT2D eigenvalue weighted by Gasteiger charge is 2.40. The zero-order valence-electron chi connectivity index (χ0n) is 12.1. The normalized spacial score (nSPS) is 18.0. The van der Waals surface area contributed by atoms with E-state index < -0.39 is 11.5 Å². The SMILES string of the molecule is CNCCCC(=O)N(C)C1(CC(=O)O)CCCCC1. The van der Waals surface area contributed by atoms with Gasteiger partial charge in [-0.05, 0) is 32.9 Å². The molecule has 1 amide bonds. The first-order valence-electron chi connectivity index (χ1n) is 7.15. The third kappa shape index (κ3) is 4.49. The van der Waals surface area contributed by atoms with Crippen LogP contribution in [0, 0.1) is 0 Å². The van der Waals surface area contributed by atoms with E-state index in [0.29, 0.717) is 6.42 Å². The second-order valence-corrected chi connectivity index (χ2v) is 5.52. The maximum Gasteiger partial charge on any atom is 0.305 e. The molecule has 0 atom stereocenters. The summed E-state index contributed by atoms with van der Waals surface area (Å²) in [5.74, 6) is -0.741. The van der Waals surface area contributed by atoms with Crippen molar-refractivity contribution in [3.8, 4) is 0 Å². The van der Waals surface area contributed by atoms with E-state index in [0.717, 1.165) is 45.1 Å². The topological polar surface area (TPSA) is 69.6 Å². The van der Waals surface area contributed by atoms with Gasteiger partial charge in [0.05, 0.1) is 12.0 Å². The fraction of sp³-hybridized carbons (Fsp3) is 0.857. The molecule has 5 heteroatoms. The first-order valence-corrected chi connectivity index (χ1v) is 7.15. The second-order valence-electron chi connectivity index (χ2n) is 5.52. The Morgan fingerprint density at radius 3 is 2.42 bits per heavy atom. The van der Waals surface area contributed by atoms with E-state index >= 15 is 0 Å². The molecule has 19 heavy (non-hydrogen) atoms. The number of carbonyl (C=O) groups is 2. The molecule has 1 fully saturated rings. The van der Waals surface area contributed by atoms with Crippen molar-refractivity contribution in [1.29, 1.82) is 0 Å². The molecule has 0 aliphatic heterocycles. The molecule has 0 bridgehead atoms. The summed E-state index contributed by atoms with van der Waals surface area (Å²) in [5, 5.41) is 12.1. The van der Waals surface area contributed by atoms with Gasteiger partial charge >= 0.3 is 5.97 Å². The average molecular weight is 270 g/mol. The van der Waals surface area contributed by atoms with Crippen molar-refractivity contribution in [2.24, 2.45) is 0 Å². The number of carboxylic acid groups (broad SMARTS) is 1. The molecule has 0 spiro atoms. The van der Waals surface area contributed by atoms with Crippen LogP contribution in [-0.4, -0.2) is 48.1 Å². The van der Waals surface area contributed by atoms with Crippen LogP contribution in [0.4, 0.5) is 0 Å². The van der Waals surface area contributed by atoms with E-state index in [4.69, 9.17) is 5.11 Å². The Morgan fingerprint density at radius 1 is 1.26 bits per heavy atom. The number of amides is 1. The van der Waals surface area contributed by atoms with Gasteiger partial charge in [-0.25, -0.2) is 0 Å². The third-order valence-corrected chi connectivity index (χ3v) is 4.17. The van der Waals surface area contributed by atoms with Gasteiger partial charge in [0.15, 0.2) is 0 Å². The van der Waals surface area contributed by atoms with Gasteiger partial charge in [0, 0.05) is 13.5 Å².